The molecule has 3 nitrogen and oxygen atoms in total. The molecule has 0 saturated carbocycles. The molecule has 19 heavy (non-hydrogen) atoms. The fraction of sp³-hybridized carbons (Fsp3) is 0.571. The lowest BCUT2D eigenvalue weighted by molar-refractivity contribution is 0.305. The van der Waals surface area contributed by atoms with Crippen molar-refractivity contribution in [2.75, 3.05) is 13.1 Å². The van der Waals surface area contributed by atoms with Crippen LogP contribution in [0.1, 0.15) is 26.7 Å². The van der Waals surface area contributed by atoms with E-state index in [0.29, 0.717) is 0 Å². The van der Waals surface area contributed by atoms with Crippen LogP contribution in [0.15, 0.2) is 29.2 Å². The molecule has 0 unspecified atom stereocenters. The van der Waals surface area contributed by atoms with Gasteiger partial charge in [0.15, 0.2) is 9.84 Å². The Hall–Kier alpha value is -0.940. The number of piperidine rings is 1. The molecule has 1 fully saturated rings. The van der Waals surface area contributed by atoms with E-state index in [1.807, 2.05) is 0 Å². The maximum absolute atomic E-state index is 13.3. The van der Waals surface area contributed by atoms with Crippen LogP contribution in [0, 0.1) is 11.7 Å². The summed E-state index contributed by atoms with van der Waals surface area (Å²) in [6.45, 7) is 5.19. The average Bonchev–Trinajstić information content (AvgIpc) is 2.39. The van der Waals surface area contributed by atoms with Gasteiger partial charge in [-0.1, -0.05) is 6.07 Å². The van der Waals surface area contributed by atoms with E-state index in [9.17, 15) is 12.8 Å². The number of hydrogen-bond acceptors (Lipinski definition) is 3. The molecule has 0 aromatic heterocycles. The molecule has 0 spiro atoms. The zero-order valence-corrected chi connectivity index (χ0v) is 12.1. The van der Waals surface area contributed by atoms with Crippen molar-refractivity contribution in [3.63, 3.8) is 0 Å². The third-order valence-corrected chi connectivity index (χ3v) is 6.71. The van der Waals surface area contributed by atoms with Gasteiger partial charge < -0.3 is 5.32 Å². The first kappa shape index (κ1) is 14.5. The van der Waals surface area contributed by atoms with Crippen molar-refractivity contribution in [2.24, 2.45) is 5.92 Å². The molecule has 5 heteroatoms. The topological polar surface area (TPSA) is 46.2 Å². The maximum atomic E-state index is 13.3. The highest BCUT2D eigenvalue weighted by atomic mass is 32.2. The summed E-state index contributed by atoms with van der Waals surface area (Å²) in [5.74, 6) is -0.413. The first-order valence-corrected chi connectivity index (χ1v) is 8.05. The lowest BCUT2D eigenvalue weighted by atomic mass is 9.86. The van der Waals surface area contributed by atoms with Crippen molar-refractivity contribution in [1.82, 2.24) is 5.32 Å². The van der Waals surface area contributed by atoms with Crippen LogP contribution in [0.3, 0.4) is 0 Å². The quantitative estimate of drug-likeness (QED) is 0.927. The minimum Gasteiger partial charge on any atom is -0.317 e. The maximum Gasteiger partial charge on any atom is 0.183 e. The van der Waals surface area contributed by atoms with Gasteiger partial charge in [0, 0.05) is 0 Å². The van der Waals surface area contributed by atoms with Crippen molar-refractivity contribution in [3.8, 4) is 0 Å². The van der Waals surface area contributed by atoms with Crippen LogP contribution in [-0.2, 0) is 9.84 Å². The Morgan fingerprint density at radius 2 is 1.89 bits per heavy atom. The first-order valence-electron chi connectivity index (χ1n) is 6.56. The Morgan fingerprint density at radius 3 is 2.47 bits per heavy atom. The summed E-state index contributed by atoms with van der Waals surface area (Å²) in [6, 6.07) is 5.29. The lowest BCUT2D eigenvalue weighted by Gasteiger charge is -2.36. The van der Waals surface area contributed by atoms with Gasteiger partial charge in [-0.3, -0.25) is 0 Å². The van der Waals surface area contributed by atoms with Crippen molar-refractivity contribution in [3.05, 3.63) is 30.1 Å². The zero-order valence-electron chi connectivity index (χ0n) is 11.3. The molecule has 106 valence electrons. The second-order valence-electron chi connectivity index (χ2n) is 5.59. The van der Waals surface area contributed by atoms with E-state index in [-0.39, 0.29) is 10.8 Å². The van der Waals surface area contributed by atoms with Crippen LogP contribution in [0.25, 0.3) is 0 Å². The number of hydrogen-bond donors (Lipinski definition) is 1. The highest BCUT2D eigenvalue weighted by Crippen LogP contribution is 2.36. The number of nitrogens with one attached hydrogen (secondary N) is 1. The van der Waals surface area contributed by atoms with E-state index in [1.165, 1.54) is 18.2 Å². The van der Waals surface area contributed by atoms with Gasteiger partial charge in [0.1, 0.15) is 5.82 Å². The molecule has 0 bridgehead atoms. The van der Waals surface area contributed by atoms with Gasteiger partial charge >= 0.3 is 0 Å². The van der Waals surface area contributed by atoms with Crippen LogP contribution >= 0.6 is 0 Å². The molecule has 1 saturated heterocycles. The normalized spacial score (nSPS) is 18.5. The van der Waals surface area contributed by atoms with E-state index >= 15 is 0 Å². The standard InChI is InChI=1S/C14H20FNO2S/c1-14(2,11-6-8-16-9-7-11)19(17,18)13-5-3-4-12(15)10-13/h3-5,10-11,16H,6-9H2,1-2H3. The summed E-state index contributed by atoms with van der Waals surface area (Å²) in [7, 11) is -3.53. The van der Waals surface area contributed by atoms with E-state index in [2.05, 4.69) is 5.32 Å². The van der Waals surface area contributed by atoms with E-state index in [1.54, 1.807) is 13.8 Å². The van der Waals surface area contributed by atoms with E-state index < -0.39 is 20.4 Å². The Bertz CT molecular complexity index is 548. The van der Waals surface area contributed by atoms with Crippen molar-refractivity contribution >= 4 is 9.84 Å². The molecular weight excluding hydrogens is 265 g/mol. The summed E-state index contributed by atoms with van der Waals surface area (Å²) in [4.78, 5) is 0.0797. The fourth-order valence-electron chi connectivity index (χ4n) is 2.67. The molecular formula is C14H20FNO2S. The van der Waals surface area contributed by atoms with Crippen LogP contribution < -0.4 is 5.32 Å². The summed E-state index contributed by atoms with van der Waals surface area (Å²) >= 11 is 0. The molecule has 1 aliphatic heterocycles. The van der Waals surface area contributed by atoms with Crippen molar-refractivity contribution in [1.29, 1.82) is 0 Å². The third kappa shape index (κ3) is 2.67. The first-order chi connectivity index (χ1) is 8.85. The second kappa shape index (κ2) is 5.21. The van der Waals surface area contributed by atoms with Crippen LogP contribution in [0.5, 0.6) is 0 Å². The molecule has 2 rings (SSSR count). The molecule has 0 radical (unpaired) electrons. The molecule has 1 heterocycles. The van der Waals surface area contributed by atoms with Gasteiger partial charge in [-0.05, 0) is 63.9 Å². The third-order valence-electron chi connectivity index (χ3n) is 4.12. The summed E-state index contributed by atoms with van der Waals surface area (Å²) in [5, 5.41) is 3.23. The Balaban J connectivity index is 2.37. The van der Waals surface area contributed by atoms with Gasteiger partial charge in [0.2, 0.25) is 0 Å². The van der Waals surface area contributed by atoms with E-state index in [0.717, 1.165) is 32.0 Å². The lowest BCUT2D eigenvalue weighted by Crippen LogP contribution is -2.45. The summed E-state index contributed by atoms with van der Waals surface area (Å²) in [6.07, 6.45) is 1.67. The number of halogens is 1. The largest absolute Gasteiger partial charge is 0.317 e. The summed E-state index contributed by atoms with van der Waals surface area (Å²) < 4.78 is 37.8. The van der Waals surface area contributed by atoms with Gasteiger partial charge in [-0.25, -0.2) is 12.8 Å². The van der Waals surface area contributed by atoms with Gasteiger partial charge in [0.05, 0.1) is 9.64 Å². The molecule has 1 N–H and O–H groups in total. The zero-order chi connectivity index (χ0) is 14.1. The number of benzene rings is 1. The Morgan fingerprint density at radius 1 is 1.26 bits per heavy atom. The monoisotopic (exact) mass is 285 g/mol. The number of rotatable bonds is 3. The predicted octanol–water partition coefficient (Wildman–Crippen LogP) is 2.38. The molecule has 0 atom stereocenters. The molecule has 0 aliphatic carbocycles. The minimum absolute atomic E-state index is 0.0797. The Kier molecular flexibility index (Phi) is 3.97. The van der Waals surface area contributed by atoms with Crippen molar-refractivity contribution < 1.29 is 12.8 Å². The van der Waals surface area contributed by atoms with E-state index in [4.69, 9.17) is 0 Å². The van der Waals surface area contributed by atoms with Gasteiger partial charge in [0.25, 0.3) is 0 Å². The van der Waals surface area contributed by atoms with Gasteiger partial charge in [-0.2, -0.15) is 0 Å². The molecule has 1 aromatic rings. The number of sulfone groups is 1. The molecule has 0 amide bonds. The van der Waals surface area contributed by atoms with Gasteiger partial charge in [-0.15, -0.1) is 0 Å². The SMILES string of the molecule is CC(C)(C1CCNCC1)S(=O)(=O)c1cccc(F)c1. The minimum atomic E-state index is -3.53. The Labute approximate surface area is 114 Å². The van der Waals surface area contributed by atoms with Crippen LogP contribution in [-0.4, -0.2) is 26.3 Å². The summed E-state index contributed by atoms with van der Waals surface area (Å²) in [5.41, 5.74) is 0. The van der Waals surface area contributed by atoms with Crippen molar-refractivity contribution in [2.45, 2.75) is 36.3 Å². The smallest absolute Gasteiger partial charge is 0.183 e. The average molecular weight is 285 g/mol. The fourth-order valence-corrected chi connectivity index (χ4v) is 4.48. The highest BCUT2D eigenvalue weighted by molar-refractivity contribution is 7.92. The van der Waals surface area contributed by atoms with Crippen LogP contribution in [0.2, 0.25) is 0 Å². The highest BCUT2D eigenvalue weighted by Gasteiger charge is 2.42. The molecule has 1 aliphatic rings. The predicted molar refractivity (Wildman–Crippen MR) is 73.3 cm³/mol. The van der Waals surface area contributed by atoms with Crippen LogP contribution in [0.4, 0.5) is 4.39 Å². The second-order valence-corrected chi connectivity index (χ2v) is 8.12. The molecule has 1 aromatic carbocycles.